The van der Waals surface area contributed by atoms with E-state index in [1.807, 2.05) is 0 Å². The Labute approximate surface area is 104 Å². The van der Waals surface area contributed by atoms with Crippen molar-refractivity contribution < 1.29 is 14.4 Å². The maximum atomic E-state index is 13.0. The molecule has 1 aliphatic rings. The average Bonchev–Trinajstić information content (AvgIpc) is 2.25. The lowest BCUT2D eigenvalue weighted by molar-refractivity contribution is -0.386. The van der Waals surface area contributed by atoms with Crippen LogP contribution in [0.25, 0.3) is 0 Å². The minimum Gasteiger partial charge on any atom is -0.391 e. The van der Waals surface area contributed by atoms with Gasteiger partial charge in [-0.3, -0.25) is 10.1 Å². The largest absolute Gasteiger partial charge is 0.391 e. The third kappa shape index (κ3) is 2.34. The van der Waals surface area contributed by atoms with Gasteiger partial charge in [0.15, 0.2) is 0 Å². The topological polar surface area (TPSA) is 89.4 Å². The predicted molar refractivity (Wildman–Crippen MR) is 63.3 cm³/mol. The van der Waals surface area contributed by atoms with Crippen LogP contribution in [0.4, 0.5) is 10.1 Å². The highest BCUT2D eigenvalue weighted by Crippen LogP contribution is 2.36. The number of benzene rings is 1. The molecule has 0 saturated heterocycles. The van der Waals surface area contributed by atoms with Crippen molar-refractivity contribution in [3.63, 3.8) is 0 Å². The zero-order chi connectivity index (χ0) is 13.3. The number of aliphatic hydroxyl groups excluding tert-OH is 1. The second kappa shape index (κ2) is 4.99. The van der Waals surface area contributed by atoms with Gasteiger partial charge in [0, 0.05) is 5.56 Å². The fourth-order valence-electron chi connectivity index (χ4n) is 2.22. The van der Waals surface area contributed by atoms with Crippen LogP contribution in [0.3, 0.4) is 0 Å². The lowest BCUT2D eigenvalue weighted by Crippen LogP contribution is -2.36. The van der Waals surface area contributed by atoms with Crippen LogP contribution in [-0.4, -0.2) is 16.1 Å². The molecule has 18 heavy (non-hydrogen) atoms. The van der Waals surface area contributed by atoms with Gasteiger partial charge < -0.3 is 10.8 Å². The molecule has 2 atom stereocenters. The number of nitro groups is 1. The second-order valence-electron chi connectivity index (χ2n) is 4.67. The predicted octanol–water partition coefficient (Wildman–Crippen LogP) is 1.89. The minimum absolute atomic E-state index is 0.0876. The molecule has 0 amide bonds. The van der Waals surface area contributed by atoms with Crippen molar-refractivity contribution >= 4 is 5.69 Å². The minimum atomic E-state index is -0.851. The molecule has 2 rings (SSSR count). The fourth-order valence-corrected chi connectivity index (χ4v) is 2.22. The highest BCUT2D eigenvalue weighted by molar-refractivity contribution is 5.43. The van der Waals surface area contributed by atoms with Gasteiger partial charge in [0.2, 0.25) is 0 Å². The van der Waals surface area contributed by atoms with E-state index in [1.54, 1.807) is 0 Å². The first-order valence-electron chi connectivity index (χ1n) is 5.88. The molecule has 1 aliphatic carbocycles. The van der Waals surface area contributed by atoms with Gasteiger partial charge in [-0.05, 0) is 30.9 Å². The Kier molecular flexibility index (Phi) is 3.58. The van der Waals surface area contributed by atoms with Crippen LogP contribution in [0.15, 0.2) is 18.2 Å². The van der Waals surface area contributed by atoms with Crippen LogP contribution in [0.2, 0.25) is 0 Å². The third-order valence-corrected chi connectivity index (χ3v) is 3.55. The van der Waals surface area contributed by atoms with Crippen LogP contribution in [0.1, 0.15) is 30.9 Å². The van der Waals surface area contributed by atoms with E-state index in [2.05, 4.69) is 0 Å². The van der Waals surface area contributed by atoms with Gasteiger partial charge in [-0.15, -0.1) is 0 Å². The Morgan fingerprint density at radius 3 is 2.67 bits per heavy atom. The molecule has 0 aromatic heterocycles. The van der Waals surface area contributed by atoms with Crippen LogP contribution in [0, 0.1) is 21.8 Å². The van der Waals surface area contributed by atoms with Crippen molar-refractivity contribution in [3.8, 4) is 0 Å². The Morgan fingerprint density at radius 2 is 2.17 bits per heavy atom. The molecule has 0 heterocycles. The molecule has 1 aromatic rings. The van der Waals surface area contributed by atoms with Gasteiger partial charge in [-0.2, -0.15) is 0 Å². The highest BCUT2D eigenvalue weighted by Gasteiger charge is 2.33. The van der Waals surface area contributed by atoms with Gasteiger partial charge in [0.25, 0.3) is 5.69 Å². The molecule has 0 aliphatic heterocycles. The molecule has 0 bridgehead atoms. The molecule has 3 N–H and O–H groups in total. The third-order valence-electron chi connectivity index (χ3n) is 3.55. The van der Waals surface area contributed by atoms with Gasteiger partial charge in [-0.1, -0.05) is 6.42 Å². The molecule has 0 spiro atoms. The van der Waals surface area contributed by atoms with E-state index in [-0.39, 0.29) is 17.2 Å². The fraction of sp³-hybridized carbons (Fsp3) is 0.500. The number of rotatable bonds is 4. The van der Waals surface area contributed by atoms with E-state index >= 15 is 0 Å². The lowest BCUT2D eigenvalue weighted by Gasteiger charge is -2.33. The zero-order valence-electron chi connectivity index (χ0n) is 9.75. The maximum Gasteiger partial charge on any atom is 0.277 e. The number of hydrogen-bond acceptors (Lipinski definition) is 4. The summed E-state index contributed by atoms with van der Waals surface area (Å²) in [7, 11) is 0. The summed E-state index contributed by atoms with van der Waals surface area (Å²) < 4.78 is 13.0. The van der Waals surface area contributed by atoms with Crippen LogP contribution in [-0.2, 0) is 0 Å². The molecule has 0 unspecified atom stereocenters. The average molecular weight is 254 g/mol. The van der Waals surface area contributed by atoms with Gasteiger partial charge in [0.05, 0.1) is 23.1 Å². The van der Waals surface area contributed by atoms with Crippen LogP contribution in [0.5, 0.6) is 0 Å². The van der Waals surface area contributed by atoms with Crippen molar-refractivity contribution in [2.24, 2.45) is 11.7 Å². The summed E-state index contributed by atoms with van der Waals surface area (Å²) in [5, 5.41) is 20.9. The smallest absolute Gasteiger partial charge is 0.277 e. The summed E-state index contributed by atoms with van der Waals surface area (Å²) >= 11 is 0. The van der Waals surface area contributed by atoms with Gasteiger partial charge in [0.1, 0.15) is 5.82 Å². The Bertz CT molecular complexity index is 463. The SMILES string of the molecule is N[C@H](c1ccc(F)cc1[N+](=O)[O-])[C@@H](O)C1CCC1. The lowest BCUT2D eigenvalue weighted by atomic mass is 9.77. The van der Waals surface area contributed by atoms with E-state index in [9.17, 15) is 19.6 Å². The molecule has 1 aromatic carbocycles. The van der Waals surface area contributed by atoms with Crippen molar-refractivity contribution in [2.75, 3.05) is 0 Å². The van der Waals surface area contributed by atoms with E-state index in [1.165, 1.54) is 6.07 Å². The number of nitrogens with two attached hydrogens (primary N) is 1. The van der Waals surface area contributed by atoms with Crippen molar-refractivity contribution in [2.45, 2.75) is 31.4 Å². The molecule has 98 valence electrons. The summed E-state index contributed by atoms with van der Waals surface area (Å²) in [5.41, 5.74) is 5.67. The first kappa shape index (κ1) is 12.9. The van der Waals surface area contributed by atoms with Crippen molar-refractivity contribution in [1.29, 1.82) is 0 Å². The molecule has 5 nitrogen and oxygen atoms in total. The molecular formula is C12H15FN2O3. The number of nitro benzene ring substituents is 1. The first-order valence-corrected chi connectivity index (χ1v) is 5.88. The maximum absolute atomic E-state index is 13.0. The Morgan fingerprint density at radius 1 is 1.50 bits per heavy atom. The van der Waals surface area contributed by atoms with E-state index < -0.39 is 22.9 Å². The number of halogens is 1. The summed E-state index contributed by atoms with van der Waals surface area (Å²) in [6, 6.07) is 2.38. The Balaban J connectivity index is 2.28. The van der Waals surface area contributed by atoms with Gasteiger partial charge in [-0.25, -0.2) is 4.39 Å². The monoisotopic (exact) mass is 254 g/mol. The number of nitrogens with zero attached hydrogens (tertiary/aromatic N) is 1. The molecule has 6 heteroatoms. The quantitative estimate of drug-likeness (QED) is 0.634. The standard InChI is InChI=1S/C12H15FN2O3/c13-8-4-5-9(10(6-8)15(17)18)11(14)12(16)7-2-1-3-7/h4-7,11-12,16H,1-3,14H2/t11-,12+/m1/s1. The molecular weight excluding hydrogens is 239 g/mol. The molecule has 0 radical (unpaired) electrons. The second-order valence-corrected chi connectivity index (χ2v) is 4.67. The van der Waals surface area contributed by atoms with Crippen LogP contribution >= 0.6 is 0 Å². The number of hydrogen-bond donors (Lipinski definition) is 2. The summed E-state index contributed by atoms with van der Waals surface area (Å²) in [6.07, 6.45) is 1.98. The van der Waals surface area contributed by atoms with Crippen molar-refractivity contribution in [3.05, 3.63) is 39.7 Å². The Hall–Kier alpha value is -1.53. The van der Waals surface area contributed by atoms with Crippen molar-refractivity contribution in [1.82, 2.24) is 0 Å². The highest BCUT2D eigenvalue weighted by atomic mass is 19.1. The summed E-state index contributed by atoms with van der Waals surface area (Å²) in [5.74, 6) is -0.597. The van der Waals surface area contributed by atoms with E-state index in [0.29, 0.717) is 0 Å². The van der Waals surface area contributed by atoms with E-state index in [4.69, 9.17) is 5.73 Å². The molecule has 1 fully saturated rings. The van der Waals surface area contributed by atoms with Gasteiger partial charge >= 0.3 is 0 Å². The summed E-state index contributed by atoms with van der Waals surface area (Å²) in [4.78, 5) is 10.2. The normalized spacial score (nSPS) is 19.1. The van der Waals surface area contributed by atoms with Crippen LogP contribution < -0.4 is 5.73 Å². The summed E-state index contributed by atoms with van der Waals surface area (Å²) in [6.45, 7) is 0. The first-order chi connectivity index (χ1) is 8.50. The zero-order valence-corrected chi connectivity index (χ0v) is 9.75. The van der Waals surface area contributed by atoms with E-state index in [0.717, 1.165) is 31.4 Å². The molecule has 1 saturated carbocycles. The number of aliphatic hydroxyl groups is 1.